The number of fused-ring (bicyclic) bond motifs is 1. The summed E-state index contributed by atoms with van der Waals surface area (Å²) in [5.74, 6) is 0.381. The van der Waals surface area contributed by atoms with E-state index in [0.29, 0.717) is 23.4 Å². The summed E-state index contributed by atoms with van der Waals surface area (Å²) in [7, 11) is 0. The summed E-state index contributed by atoms with van der Waals surface area (Å²) in [5, 5.41) is 9.45. The molecule has 2 aromatic rings. The van der Waals surface area contributed by atoms with E-state index < -0.39 is 0 Å². The van der Waals surface area contributed by atoms with Gasteiger partial charge in [-0.1, -0.05) is 12.2 Å². The molecule has 16 heavy (non-hydrogen) atoms. The molecule has 82 valence electrons. The summed E-state index contributed by atoms with van der Waals surface area (Å²) >= 11 is 0. The molecule has 0 amide bonds. The fourth-order valence-corrected chi connectivity index (χ4v) is 1.98. The van der Waals surface area contributed by atoms with Crippen LogP contribution in [-0.4, -0.2) is 30.7 Å². The first-order valence-electron chi connectivity index (χ1n) is 5.05. The molecule has 0 aliphatic heterocycles. The highest BCUT2D eigenvalue weighted by Crippen LogP contribution is 2.26. The second-order valence-corrected chi connectivity index (χ2v) is 3.84. The first kappa shape index (κ1) is 9.29. The maximum Gasteiger partial charge on any atom is 0.165 e. The van der Waals surface area contributed by atoms with E-state index in [1.165, 1.54) is 6.33 Å². The molecule has 3 N–H and O–H groups in total. The largest absolute Gasteiger partial charge is 0.389 e. The van der Waals surface area contributed by atoms with Gasteiger partial charge in [-0.05, 0) is 0 Å². The second kappa shape index (κ2) is 3.28. The Hall–Kier alpha value is -1.95. The summed E-state index contributed by atoms with van der Waals surface area (Å²) < 4.78 is 1.90. The van der Waals surface area contributed by atoms with Crippen LogP contribution in [0.1, 0.15) is 12.5 Å². The summed E-state index contributed by atoms with van der Waals surface area (Å²) in [6, 6.07) is 0.0919. The molecule has 1 aliphatic carbocycles. The molecule has 0 spiro atoms. The van der Waals surface area contributed by atoms with Crippen LogP contribution < -0.4 is 5.73 Å². The van der Waals surface area contributed by atoms with E-state index in [0.717, 1.165) is 0 Å². The molecular weight excluding hydrogens is 206 g/mol. The summed E-state index contributed by atoms with van der Waals surface area (Å²) in [6.07, 6.45) is 7.09. The number of hydrogen-bond acceptors (Lipinski definition) is 5. The van der Waals surface area contributed by atoms with Gasteiger partial charge in [-0.15, -0.1) is 0 Å². The maximum absolute atomic E-state index is 9.45. The first-order valence-corrected chi connectivity index (χ1v) is 5.05. The Morgan fingerprint density at radius 3 is 2.94 bits per heavy atom. The van der Waals surface area contributed by atoms with Crippen LogP contribution in [0.25, 0.3) is 11.2 Å². The van der Waals surface area contributed by atoms with E-state index in [1.54, 1.807) is 12.4 Å². The molecule has 1 aliphatic rings. The predicted octanol–water partition coefficient (Wildman–Crippen LogP) is 0.270. The zero-order valence-corrected chi connectivity index (χ0v) is 8.48. The van der Waals surface area contributed by atoms with E-state index in [-0.39, 0.29) is 12.1 Å². The average Bonchev–Trinajstić information content (AvgIpc) is 2.84. The van der Waals surface area contributed by atoms with Crippen molar-refractivity contribution in [1.82, 2.24) is 19.5 Å². The minimum atomic E-state index is -0.387. The van der Waals surface area contributed by atoms with Crippen molar-refractivity contribution in [3.8, 4) is 0 Å². The number of aliphatic hydroxyl groups excluding tert-OH is 1. The molecule has 6 heteroatoms. The van der Waals surface area contributed by atoms with E-state index >= 15 is 0 Å². The number of allylic oxidation sites excluding steroid dienone is 1. The highest BCUT2D eigenvalue weighted by Gasteiger charge is 2.20. The van der Waals surface area contributed by atoms with Crippen LogP contribution in [0.5, 0.6) is 0 Å². The Morgan fingerprint density at radius 1 is 1.31 bits per heavy atom. The Kier molecular flexibility index (Phi) is 1.90. The van der Waals surface area contributed by atoms with Crippen molar-refractivity contribution >= 4 is 17.0 Å². The number of nitrogens with two attached hydrogens (primary N) is 1. The molecule has 3 rings (SSSR count). The molecule has 0 unspecified atom stereocenters. The van der Waals surface area contributed by atoms with Crippen LogP contribution >= 0.6 is 0 Å². The van der Waals surface area contributed by atoms with Gasteiger partial charge in [0, 0.05) is 6.42 Å². The summed E-state index contributed by atoms with van der Waals surface area (Å²) in [4.78, 5) is 12.2. The van der Waals surface area contributed by atoms with Crippen LogP contribution in [0.2, 0.25) is 0 Å². The van der Waals surface area contributed by atoms with Crippen LogP contribution in [-0.2, 0) is 0 Å². The third-order valence-electron chi connectivity index (χ3n) is 2.78. The zero-order chi connectivity index (χ0) is 11.1. The van der Waals surface area contributed by atoms with Gasteiger partial charge in [0.05, 0.1) is 18.5 Å². The zero-order valence-electron chi connectivity index (χ0n) is 8.48. The maximum atomic E-state index is 9.45. The molecule has 0 saturated heterocycles. The van der Waals surface area contributed by atoms with Crippen molar-refractivity contribution in [2.75, 3.05) is 5.73 Å². The number of aliphatic hydroxyl groups is 1. The molecule has 0 bridgehead atoms. The van der Waals surface area contributed by atoms with Crippen molar-refractivity contribution in [2.24, 2.45) is 0 Å². The Labute approximate surface area is 91.5 Å². The molecule has 0 saturated carbocycles. The van der Waals surface area contributed by atoms with Gasteiger partial charge in [-0.3, -0.25) is 0 Å². The number of hydrogen-bond donors (Lipinski definition) is 2. The van der Waals surface area contributed by atoms with Crippen LogP contribution in [0.3, 0.4) is 0 Å². The van der Waals surface area contributed by atoms with Gasteiger partial charge in [-0.25, -0.2) is 15.0 Å². The Balaban J connectivity index is 2.12. The summed E-state index contributed by atoms with van der Waals surface area (Å²) in [6.45, 7) is 0. The van der Waals surface area contributed by atoms with Gasteiger partial charge < -0.3 is 15.4 Å². The molecule has 0 aromatic carbocycles. The lowest BCUT2D eigenvalue weighted by Crippen LogP contribution is -2.08. The highest BCUT2D eigenvalue weighted by atomic mass is 16.3. The van der Waals surface area contributed by atoms with Gasteiger partial charge in [-0.2, -0.15) is 0 Å². The standard InChI is InChI=1S/C10H11N5O/c11-9-8-10(13-4-12-9)15(5-14-8)6-1-2-7(16)3-6/h1-2,4-7,16H,3H2,(H2,11,12,13)/t6-,7+/m0/s1. The van der Waals surface area contributed by atoms with Crippen molar-refractivity contribution in [3.63, 3.8) is 0 Å². The SMILES string of the molecule is Nc1ncnc2c1ncn2[C@H]1C=C[C@@H](O)C1. The fraction of sp³-hybridized carbons (Fsp3) is 0.300. The lowest BCUT2D eigenvalue weighted by Gasteiger charge is -2.10. The molecule has 2 heterocycles. The van der Waals surface area contributed by atoms with Gasteiger partial charge in [0.1, 0.15) is 11.8 Å². The van der Waals surface area contributed by atoms with Gasteiger partial charge >= 0.3 is 0 Å². The second-order valence-electron chi connectivity index (χ2n) is 3.84. The van der Waals surface area contributed by atoms with Gasteiger partial charge in [0.25, 0.3) is 0 Å². The van der Waals surface area contributed by atoms with Crippen molar-refractivity contribution < 1.29 is 5.11 Å². The smallest absolute Gasteiger partial charge is 0.165 e. The van der Waals surface area contributed by atoms with Crippen molar-refractivity contribution in [2.45, 2.75) is 18.6 Å². The van der Waals surface area contributed by atoms with Crippen molar-refractivity contribution in [3.05, 3.63) is 24.8 Å². The third kappa shape index (κ3) is 1.27. The molecule has 2 atom stereocenters. The molecule has 2 aromatic heterocycles. The van der Waals surface area contributed by atoms with Gasteiger partial charge in [0.15, 0.2) is 11.5 Å². The minimum Gasteiger partial charge on any atom is -0.389 e. The van der Waals surface area contributed by atoms with E-state index in [4.69, 9.17) is 5.73 Å². The molecular formula is C10H11N5O. The van der Waals surface area contributed by atoms with Crippen LogP contribution in [0.4, 0.5) is 5.82 Å². The molecule has 6 nitrogen and oxygen atoms in total. The van der Waals surface area contributed by atoms with E-state index in [1.807, 2.05) is 10.6 Å². The van der Waals surface area contributed by atoms with Crippen molar-refractivity contribution in [1.29, 1.82) is 0 Å². The number of nitrogens with zero attached hydrogens (tertiary/aromatic N) is 4. The van der Waals surface area contributed by atoms with Crippen LogP contribution in [0.15, 0.2) is 24.8 Å². The number of rotatable bonds is 1. The van der Waals surface area contributed by atoms with E-state index in [2.05, 4.69) is 15.0 Å². The highest BCUT2D eigenvalue weighted by molar-refractivity contribution is 5.81. The molecule has 0 fully saturated rings. The topological polar surface area (TPSA) is 89.9 Å². The third-order valence-corrected chi connectivity index (χ3v) is 2.78. The monoisotopic (exact) mass is 217 g/mol. The van der Waals surface area contributed by atoms with E-state index in [9.17, 15) is 5.11 Å². The predicted molar refractivity (Wildman–Crippen MR) is 58.5 cm³/mol. The summed E-state index contributed by atoms with van der Waals surface area (Å²) in [5.41, 5.74) is 7.01. The number of nitrogen functional groups attached to an aromatic ring is 1. The normalized spacial score (nSPS) is 24.3. The average molecular weight is 217 g/mol. The number of aromatic nitrogens is 4. The fourth-order valence-electron chi connectivity index (χ4n) is 1.98. The number of imidazole rings is 1. The number of anilines is 1. The lowest BCUT2D eigenvalue weighted by molar-refractivity contribution is 0.211. The Bertz CT molecular complexity index is 561. The minimum absolute atomic E-state index is 0.0919. The Morgan fingerprint density at radius 2 is 2.19 bits per heavy atom. The quantitative estimate of drug-likeness (QED) is 0.669. The lowest BCUT2D eigenvalue weighted by atomic mass is 10.2. The van der Waals surface area contributed by atoms with Crippen LogP contribution in [0, 0.1) is 0 Å². The first-order chi connectivity index (χ1) is 7.75. The van der Waals surface area contributed by atoms with Gasteiger partial charge in [0.2, 0.25) is 0 Å². The molecule has 0 radical (unpaired) electrons.